The third kappa shape index (κ3) is 5.66. The standard InChI is InChI=1S/C18H33N3/c1-8-9-15(6)21(7)18-11-16(12-19-14(4)5)10-17(20-18)13(2)3/h10-11,13-15,19H,8-9,12H2,1-7H3. The molecular weight excluding hydrogens is 258 g/mol. The van der Waals surface area contributed by atoms with Crippen LogP contribution in [-0.4, -0.2) is 24.1 Å². The van der Waals surface area contributed by atoms with Crippen LogP contribution in [0.1, 0.15) is 71.6 Å². The summed E-state index contributed by atoms with van der Waals surface area (Å²) >= 11 is 0. The molecule has 0 amide bonds. The molecule has 120 valence electrons. The molecule has 1 heterocycles. The van der Waals surface area contributed by atoms with Gasteiger partial charge in [-0.3, -0.25) is 0 Å². The minimum Gasteiger partial charge on any atom is -0.357 e. The van der Waals surface area contributed by atoms with Crippen LogP contribution in [0.25, 0.3) is 0 Å². The number of nitrogens with one attached hydrogen (secondary N) is 1. The van der Waals surface area contributed by atoms with E-state index < -0.39 is 0 Å². The average molecular weight is 291 g/mol. The van der Waals surface area contributed by atoms with Gasteiger partial charge >= 0.3 is 0 Å². The summed E-state index contributed by atoms with van der Waals surface area (Å²) in [5.41, 5.74) is 2.51. The van der Waals surface area contributed by atoms with E-state index in [1.54, 1.807) is 0 Å². The molecule has 1 unspecified atom stereocenters. The molecule has 1 rings (SSSR count). The molecule has 0 saturated heterocycles. The van der Waals surface area contributed by atoms with Gasteiger partial charge in [-0.05, 0) is 37.0 Å². The van der Waals surface area contributed by atoms with E-state index in [0.29, 0.717) is 18.0 Å². The summed E-state index contributed by atoms with van der Waals surface area (Å²) in [6.45, 7) is 14.2. The van der Waals surface area contributed by atoms with Crippen molar-refractivity contribution in [2.45, 2.75) is 78.9 Å². The van der Waals surface area contributed by atoms with Crippen LogP contribution in [-0.2, 0) is 6.54 Å². The fourth-order valence-corrected chi connectivity index (χ4v) is 2.33. The van der Waals surface area contributed by atoms with E-state index >= 15 is 0 Å². The fourth-order valence-electron chi connectivity index (χ4n) is 2.33. The Hall–Kier alpha value is -1.09. The predicted octanol–water partition coefficient (Wildman–Crippen LogP) is 4.33. The summed E-state index contributed by atoms with van der Waals surface area (Å²) < 4.78 is 0. The van der Waals surface area contributed by atoms with Crippen molar-refractivity contribution in [3.05, 3.63) is 23.4 Å². The Kier molecular flexibility index (Phi) is 7.16. The highest BCUT2D eigenvalue weighted by molar-refractivity contribution is 5.43. The van der Waals surface area contributed by atoms with Crippen molar-refractivity contribution < 1.29 is 0 Å². The fraction of sp³-hybridized carbons (Fsp3) is 0.722. The molecule has 1 N–H and O–H groups in total. The molecule has 0 spiro atoms. The topological polar surface area (TPSA) is 28.2 Å². The van der Waals surface area contributed by atoms with Crippen LogP contribution in [0.15, 0.2) is 12.1 Å². The first-order valence-electron chi connectivity index (χ1n) is 8.32. The normalized spacial score (nSPS) is 13.0. The minimum atomic E-state index is 0.456. The largest absolute Gasteiger partial charge is 0.357 e. The quantitative estimate of drug-likeness (QED) is 0.773. The van der Waals surface area contributed by atoms with E-state index in [4.69, 9.17) is 4.98 Å². The zero-order valence-electron chi connectivity index (χ0n) is 14.9. The molecule has 3 nitrogen and oxygen atoms in total. The number of rotatable bonds is 8. The first kappa shape index (κ1) is 18.0. The lowest BCUT2D eigenvalue weighted by Crippen LogP contribution is -2.30. The molecule has 0 aliphatic carbocycles. The molecule has 3 heteroatoms. The maximum absolute atomic E-state index is 4.86. The summed E-state index contributed by atoms with van der Waals surface area (Å²) in [5, 5.41) is 3.50. The van der Waals surface area contributed by atoms with Gasteiger partial charge in [-0.2, -0.15) is 0 Å². The van der Waals surface area contributed by atoms with Crippen LogP contribution >= 0.6 is 0 Å². The summed E-state index contributed by atoms with van der Waals surface area (Å²) in [6.07, 6.45) is 2.40. The number of anilines is 1. The molecule has 0 aliphatic heterocycles. The molecule has 0 bridgehead atoms. The lowest BCUT2D eigenvalue weighted by Gasteiger charge is -2.27. The molecule has 1 atom stereocenters. The minimum absolute atomic E-state index is 0.456. The highest BCUT2D eigenvalue weighted by atomic mass is 15.2. The third-order valence-corrected chi connectivity index (χ3v) is 3.93. The van der Waals surface area contributed by atoms with Crippen LogP contribution in [0.5, 0.6) is 0 Å². The highest BCUT2D eigenvalue weighted by Gasteiger charge is 2.13. The number of nitrogens with zero attached hydrogens (tertiary/aromatic N) is 2. The Balaban J connectivity index is 3.01. The second-order valence-electron chi connectivity index (χ2n) is 6.70. The zero-order chi connectivity index (χ0) is 16.0. The van der Waals surface area contributed by atoms with Crippen LogP contribution in [0, 0.1) is 0 Å². The molecule has 21 heavy (non-hydrogen) atoms. The molecule has 0 aromatic carbocycles. The van der Waals surface area contributed by atoms with Gasteiger partial charge in [-0.1, -0.05) is 41.0 Å². The van der Waals surface area contributed by atoms with Crippen LogP contribution in [0.2, 0.25) is 0 Å². The Morgan fingerprint density at radius 1 is 1.14 bits per heavy atom. The van der Waals surface area contributed by atoms with E-state index in [0.717, 1.165) is 12.4 Å². The molecule has 1 aromatic heterocycles. The molecule has 0 radical (unpaired) electrons. The monoisotopic (exact) mass is 291 g/mol. The summed E-state index contributed by atoms with van der Waals surface area (Å²) in [4.78, 5) is 7.18. The van der Waals surface area contributed by atoms with Crippen LogP contribution < -0.4 is 10.2 Å². The number of aromatic nitrogens is 1. The van der Waals surface area contributed by atoms with Crippen molar-refractivity contribution in [2.24, 2.45) is 0 Å². The van der Waals surface area contributed by atoms with Gasteiger partial charge in [-0.25, -0.2) is 4.98 Å². The maximum Gasteiger partial charge on any atom is 0.129 e. The molecular formula is C18H33N3. The third-order valence-electron chi connectivity index (χ3n) is 3.93. The Morgan fingerprint density at radius 3 is 2.33 bits per heavy atom. The second kappa shape index (κ2) is 8.38. The average Bonchev–Trinajstić information content (AvgIpc) is 2.44. The van der Waals surface area contributed by atoms with E-state index in [1.165, 1.54) is 24.1 Å². The smallest absolute Gasteiger partial charge is 0.129 e. The van der Waals surface area contributed by atoms with Crippen molar-refractivity contribution in [3.63, 3.8) is 0 Å². The van der Waals surface area contributed by atoms with Crippen molar-refractivity contribution >= 4 is 5.82 Å². The van der Waals surface area contributed by atoms with Crippen molar-refractivity contribution in [2.75, 3.05) is 11.9 Å². The lowest BCUT2D eigenvalue weighted by atomic mass is 10.1. The molecule has 0 aliphatic rings. The van der Waals surface area contributed by atoms with Gasteiger partial charge in [0.1, 0.15) is 5.82 Å². The Bertz CT molecular complexity index is 426. The first-order valence-corrected chi connectivity index (χ1v) is 8.32. The van der Waals surface area contributed by atoms with Gasteiger partial charge < -0.3 is 10.2 Å². The highest BCUT2D eigenvalue weighted by Crippen LogP contribution is 2.22. The predicted molar refractivity (Wildman–Crippen MR) is 93.1 cm³/mol. The maximum atomic E-state index is 4.86. The second-order valence-corrected chi connectivity index (χ2v) is 6.70. The van der Waals surface area contributed by atoms with Crippen molar-refractivity contribution in [1.29, 1.82) is 0 Å². The Labute approximate surface area is 131 Å². The van der Waals surface area contributed by atoms with E-state index in [-0.39, 0.29) is 0 Å². The molecule has 0 fully saturated rings. The SMILES string of the molecule is CCCC(C)N(C)c1cc(CNC(C)C)cc(C(C)C)n1. The van der Waals surface area contributed by atoms with E-state index in [9.17, 15) is 0 Å². The zero-order valence-corrected chi connectivity index (χ0v) is 14.9. The van der Waals surface area contributed by atoms with Gasteiger partial charge in [0, 0.05) is 31.4 Å². The number of hydrogen-bond donors (Lipinski definition) is 1. The summed E-state index contributed by atoms with van der Waals surface area (Å²) in [7, 11) is 2.16. The van der Waals surface area contributed by atoms with Gasteiger partial charge in [0.2, 0.25) is 0 Å². The van der Waals surface area contributed by atoms with Gasteiger partial charge in [0.15, 0.2) is 0 Å². The number of hydrogen-bond acceptors (Lipinski definition) is 3. The first-order chi connectivity index (χ1) is 9.85. The van der Waals surface area contributed by atoms with Gasteiger partial charge in [0.25, 0.3) is 0 Å². The van der Waals surface area contributed by atoms with Crippen LogP contribution in [0.3, 0.4) is 0 Å². The lowest BCUT2D eigenvalue weighted by molar-refractivity contribution is 0.585. The van der Waals surface area contributed by atoms with Crippen molar-refractivity contribution in [1.82, 2.24) is 10.3 Å². The van der Waals surface area contributed by atoms with Crippen LogP contribution in [0.4, 0.5) is 5.82 Å². The molecule has 1 aromatic rings. The van der Waals surface area contributed by atoms with E-state index in [1.807, 2.05) is 0 Å². The van der Waals surface area contributed by atoms with Gasteiger partial charge in [0.05, 0.1) is 0 Å². The van der Waals surface area contributed by atoms with Crippen molar-refractivity contribution in [3.8, 4) is 0 Å². The Morgan fingerprint density at radius 2 is 1.81 bits per heavy atom. The van der Waals surface area contributed by atoms with E-state index in [2.05, 4.69) is 70.9 Å². The van der Waals surface area contributed by atoms with Gasteiger partial charge in [-0.15, -0.1) is 0 Å². The molecule has 0 saturated carbocycles. The summed E-state index contributed by atoms with van der Waals surface area (Å²) in [6, 6.07) is 5.49. The summed E-state index contributed by atoms with van der Waals surface area (Å²) in [5.74, 6) is 1.56. The number of pyridine rings is 1.